The maximum absolute atomic E-state index is 11.2. The van der Waals surface area contributed by atoms with Crippen molar-refractivity contribution in [3.05, 3.63) is 0 Å². The molecule has 0 aliphatic heterocycles. The quantitative estimate of drug-likeness (QED) is 0.325. The zero-order valence-corrected chi connectivity index (χ0v) is 8.56. The molecule has 0 radical (unpaired) electrons. The average Bonchev–Trinajstić information content (AvgIpc) is 2.13. The third kappa shape index (κ3) is 6.00. The van der Waals surface area contributed by atoms with Gasteiger partial charge in [0, 0.05) is 6.54 Å². The number of carbonyl (C=O) groups is 2. The van der Waals surface area contributed by atoms with Crippen LogP contribution < -0.4 is 16.8 Å². The molecule has 0 rings (SSSR count). The summed E-state index contributed by atoms with van der Waals surface area (Å²) in [6.45, 7) is 0.722. The van der Waals surface area contributed by atoms with Crippen molar-refractivity contribution in [2.75, 3.05) is 13.2 Å². The van der Waals surface area contributed by atoms with Crippen molar-refractivity contribution in [3.8, 4) is 0 Å². The number of carbonyl (C=O) groups excluding carboxylic acids is 2. The summed E-state index contributed by atoms with van der Waals surface area (Å²) in [7, 11) is 0. The molecule has 0 aliphatic carbocycles. The van der Waals surface area contributed by atoms with Gasteiger partial charge in [-0.1, -0.05) is 0 Å². The van der Waals surface area contributed by atoms with E-state index >= 15 is 0 Å². The number of hydrogen-bond acceptors (Lipinski definition) is 5. The van der Waals surface area contributed by atoms with E-state index in [0.717, 1.165) is 0 Å². The van der Waals surface area contributed by atoms with Crippen LogP contribution >= 0.6 is 0 Å². The van der Waals surface area contributed by atoms with E-state index < -0.39 is 30.1 Å². The Kier molecular flexibility index (Phi) is 5.20. The maximum Gasteiger partial charge on any atom is 0.237 e. The van der Waals surface area contributed by atoms with Crippen LogP contribution in [-0.2, 0) is 9.59 Å². The zero-order chi connectivity index (χ0) is 12.1. The van der Waals surface area contributed by atoms with E-state index in [2.05, 4.69) is 5.32 Å². The number of hydrogen-bond donors (Lipinski definition) is 5. The molecule has 0 bridgehead atoms. The molecule has 7 nitrogen and oxygen atoms in total. The summed E-state index contributed by atoms with van der Waals surface area (Å²) in [5, 5.41) is 20.3. The molecule has 0 saturated carbocycles. The molecule has 7 heteroatoms. The lowest BCUT2D eigenvalue weighted by Gasteiger charge is -2.21. The number of aliphatic hydroxyl groups is 2. The minimum absolute atomic E-state index is 0.144. The molecule has 0 aromatic heterocycles. The number of rotatable bonds is 6. The smallest absolute Gasteiger partial charge is 0.237 e. The topological polar surface area (TPSA) is 139 Å². The van der Waals surface area contributed by atoms with Gasteiger partial charge in [0.15, 0.2) is 0 Å². The Morgan fingerprint density at radius 2 is 2.07 bits per heavy atom. The summed E-state index contributed by atoms with van der Waals surface area (Å²) in [6, 6.07) is -1.03. The van der Waals surface area contributed by atoms with Gasteiger partial charge in [0.2, 0.25) is 11.8 Å². The van der Waals surface area contributed by atoms with E-state index in [1.54, 1.807) is 0 Å². The molecule has 0 spiro atoms. The largest absolute Gasteiger partial charge is 0.393 e. The predicted molar refractivity (Wildman–Crippen MR) is 52.5 cm³/mol. The van der Waals surface area contributed by atoms with Crippen LogP contribution in [0.3, 0.4) is 0 Å². The van der Waals surface area contributed by atoms with Gasteiger partial charge < -0.3 is 27.0 Å². The van der Waals surface area contributed by atoms with Gasteiger partial charge in [-0.05, 0) is 6.92 Å². The molecule has 0 aromatic carbocycles. The fraction of sp³-hybridized carbons (Fsp3) is 0.750. The number of aliphatic hydroxyl groups excluding tert-OH is 1. The highest BCUT2D eigenvalue weighted by Crippen LogP contribution is 1.98. The molecule has 88 valence electrons. The Balaban J connectivity index is 3.98. The van der Waals surface area contributed by atoms with Gasteiger partial charge in [0.05, 0.1) is 19.1 Å². The van der Waals surface area contributed by atoms with Crippen molar-refractivity contribution < 1.29 is 19.8 Å². The highest BCUT2D eigenvalue weighted by atomic mass is 16.3. The van der Waals surface area contributed by atoms with Crippen molar-refractivity contribution >= 4 is 11.8 Å². The molecule has 0 aromatic rings. The van der Waals surface area contributed by atoms with Gasteiger partial charge >= 0.3 is 0 Å². The van der Waals surface area contributed by atoms with E-state index in [1.807, 2.05) is 0 Å². The number of amides is 2. The minimum Gasteiger partial charge on any atom is -0.393 e. The fourth-order valence-electron chi connectivity index (χ4n) is 0.774. The van der Waals surface area contributed by atoms with E-state index in [4.69, 9.17) is 16.6 Å². The highest BCUT2D eigenvalue weighted by molar-refractivity contribution is 5.87. The molecule has 0 fully saturated rings. The number of primary amides is 1. The normalized spacial score (nSPS) is 16.5. The summed E-state index contributed by atoms with van der Waals surface area (Å²) in [4.78, 5) is 21.6. The molecule has 2 atom stereocenters. The van der Waals surface area contributed by atoms with Crippen LogP contribution in [0.5, 0.6) is 0 Å². The van der Waals surface area contributed by atoms with Crippen molar-refractivity contribution in [1.82, 2.24) is 5.32 Å². The summed E-state index contributed by atoms with van der Waals surface area (Å²) in [5.74, 6) is -1.27. The molecular formula is C8H17N3O4. The Bertz CT molecular complexity index is 242. The highest BCUT2D eigenvalue weighted by Gasteiger charge is 2.22. The molecule has 0 aliphatic rings. The molecule has 7 N–H and O–H groups in total. The van der Waals surface area contributed by atoms with Crippen LogP contribution in [0.25, 0.3) is 0 Å². The summed E-state index contributed by atoms with van der Waals surface area (Å²) in [5.41, 5.74) is 8.78. The van der Waals surface area contributed by atoms with Crippen LogP contribution in [0.4, 0.5) is 0 Å². The van der Waals surface area contributed by atoms with E-state index in [-0.39, 0.29) is 13.0 Å². The van der Waals surface area contributed by atoms with Crippen molar-refractivity contribution in [2.24, 2.45) is 11.5 Å². The maximum atomic E-state index is 11.2. The van der Waals surface area contributed by atoms with Crippen LogP contribution in [0.1, 0.15) is 13.3 Å². The lowest BCUT2D eigenvalue weighted by atomic mass is 10.1. The number of nitrogens with two attached hydrogens (primary N) is 2. The first-order valence-electron chi connectivity index (χ1n) is 4.43. The van der Waals surface area contributed by atoms with Gasteiger partial charge in [0.25, 0.3) is 0 Å². The molecule has 0 heterocycles. The minimum atomic E-state index is -1.40. The molecule has 0 saturated heterocycles. The van der Waals surface area contributed by atoms with E-state index in [1.165, 1.54) is 6.92 Å². The summed E-state index contributed by atoms with van der Waals surface area (Å²) in [6.07, 6.45) is -0.257. The van der Waals surface area contributed by atoms with Crippen molar-refractivity contribution in [2.45, 2.75) is 25.0 Å². The third-order valence-electron chi connectivity index (χ3n) is 1.74. The Morgan fingerprint density at radius 3 is 2.47 bits per heavy atom. The Labute approximate surface area is 87.4 Å². The second-order valence-electron chi connectivity index (χ2n) is 3.65. The average molecular weight is 219 g/mol. The van der Waals surface area contributed by atoms with Crippen molar-refractivity contribution in [1.29, 1.82) is 0 Å². The summed E-state index contributed by atoms with van der Waals surface area (Å²) >= 11 is 0. The SMILES string of the molecule is CC(O)(CO)CNC(=O)C(N)CC(N)=O. The zero-order valence-electron chi connectivity index (χ0n) is 8.56. The summed E-state index contributed by atoms with van der Waals surface area (Å²) < 4.78 is 0. The first kappa shape index (κ1) is 13.8. The fourth-order valence-corrected chi connectivity index (χ4v) is 0.774. The van der Waals surface area contributed by atoms with Gasteiger partial charge in [-0.25, -0.2) is 0 Å². The second kappa shape index (κ2) is 5.64. The van der Waals surface area contributed by atoms with Crippen LogP contribution in [0, 0.1) is 0 Å². The van der Waals surface area contributed by atoms with E-state index in [0.29, 0.717) is 0 Å². The van der Waals surface area contributed by atoms with E-state index in [9.17, 15) is 14.7 Å². The first-order valence-corrected chi connectivity index (χ1v) is 4.43. The lowest BCUT2D eigenvalue weighted by Crippen LogP contribution is -2.49. The number of nitrogens with one attached hydrogen (secondary N) is 1. The van der Waals surface area contributed by atoms with Gasteiger partial charge in [-0.3, -0.25) is 9.59 Å². The third-order valence-corrected chi connectivity index (χ3v) is 1.74. The predicted octanol–water partition coefficient (Wildman–Crippen LogP) is -2.95. The monoisotopic (exact) mass is 219 g/mol. The van der Waals surface area contributed by atoms with Gasteiger partial charge in [-0.2, -0.15) is 0 Å². The first-order chi connectivity index (χ1) is 6.78. The molecule has 2 unspecified atom stereocenters. The molecule has 15 heavy (non-hydrogen) atoms. The Hall–Kier alpha value is -1.18. The van der Waals surface area contributed by atoms with Crippen LogP contribution in [0.15, 0.2) is 0 Å². The van der Waals surface area contributed by atoms with Crippen LogP contribution in [0.2, 0.25) is 0 Å². The van der Waals surface area contributed by atoms with Crippen molar-refractivity contribution in [3.63, 3.8) is 0 Å². The van der Waals surface area contributed by atoms with Crippen LogP contribution in [-0.4, -0.2) is 46.8 Å². The molecular weight excluding hydrogens is 202 g/mol. The Morgan fingerprint density at radius 1 is 1.53 bits per heavy atom. The molecule has 2 amide bonds. The van der Waals surface area contributed by atoms with Gasteiger partial charge in [-0.15, -0.1) is 0 Å². The standard InChI is InChI=1S/C8H17N3O4/c1-8(15,4-12)3-11-7(14)5(9)2-6(10)13/h5,12,15H,2-4,9H2,1H3,(H2,10,13)(H,11,14). The second-order valence-corrected chi connectivity index (χ2v) is 3.65. The lowest BCUT2D eigenvalue weighted by molar-refractivity contribution is -0.127. The van der Waals surface area contributed by atoms with Gasteiger partial charge in [0.1, 0.15) is 5.60 Å².